The van der Waals surface area contributed by atoms with E-state index < -0.39 is 11.7 Å². The lowest BCUT2D eigenvalue weighted by Gasteiger charge is -2.28. The van der Waals surface area contributed by atoms with Gasteiger partial charge in [0, 0.05) is 11.4 Å². The molecule has 0 atom stereocenters. The Bertz CT molecular complexity index is 836. The minimum Gasteiger partial charge on any atom is -0.322 e. The fourth-order valence-corrected chi connectivity index (χ4v) is 2.51. The summed E-state index contributed by atoms with van der Waals surface area (Å²) >= 11 is 5.87. The standard InChI is InChI=1S/C18H15ClFN3O2/c19-13-7-5-12(6-8-13)15-9-10-18(25)23(22-15)11-17(24)21-16-4-2-1-3-14(16)20/h1-9,22H,10-11H2,(H,21,24). The summed E-state index contributed by atoms with van der Waals surface area (Å²) in [5.41, 5.74) is 4.54. The predicted octanol–water partition coefficient (Wildman–Crippen LogP) is 3.20. The van der Waals surface area contributed by atoms with Crippen molar-refractivity contribution in [3.05, 3.63) is 71.0 Å². The molecule has 5 nitrogen and oxygen atoms in total. The van der Waals surface area contributed by atoms with E-state index in [2.05, 4.69) is 10.7 Å². The van der Waals surface area contributed by atoms with Crippen LogP contribution in [-0.2, 0) is 9.59 Å². The number of hydrazine groups is 1. The number of para-hydroxylation sites is 1. The number of rotatable bonds is 4. The average molecular weight is 360 g/mol. The lowest BCUT2D eigenvalue weighted by molar-refractivity contribution is -0.136. The zero-order valence-corrected chi connectivity index (χ0v) is 13.9. The second-order valence-electron chi connectivity index (χ2n) is 5.45. The Morgan fingerprint density at radius 3 is 2.64 bits per heavy atom. The highest BCUT2D eigenvalue weighted by atomic mass is 35.5. The maximum absolute atomic E-state index is 13.6. The van der Waals surface area contributed by atoms with Crippen molar-refractivity contribution in [2.45, 2.75) is 6.42 Å². The van der Waals surface area contributed by atoms with Crippen molar-refractivity contribution >= 4 is 34.8 Å². The average Bonchev–Trinajstić information content (AvgIpc) is 2.60. The Balaban J connectivity index is 1.67. The Kier molecular flexibility index (Phi) is 5.00. The molecule has 2 aromatic rings. The molecule has 25 heavy (non-hydrogen) atoms. The number of hydrogen-bond donors (Lipinski definition) is 2. The summed E-state index contributed by atoms with van der Waals surface area (Å²) in [6.45, 7) is -0.238. The normalized spacial score (nSPS) is 13.9. The lowest BCUT2D eigenvalue weighted by Crippen LogP contribution is -2.48. The van der Waals surface area contributed by atoms with E-state index in [4.69, 9.17) is 11.6 Å². The quantitative estimate of drug-likeness (QED) is 0.881. The van der Waals surface area contributed by atoms with Gasteiger partial charge >= 0.3 is 0 Å². The summed E-state index contributed by atoms with van der Waals surface area (Å²) < 4.78 is 13.6. The van der Waals surface area contributed by atoms with Gasteiger partial charge in [0.25, 0.3) is 0 Å². The van der Waals surface area contributed by atoms with E-state index in [-0.39, 0.29) is 24.6 Å². The third kappa shape index (κ3) is 4.16. The second-order valence-corrected chi connectivity index (χ2v) is 5.88. The van der Waals surface area contributed by atoms with Gasteiger partial charge in [0.2, 0.25) is 11.8 Å². The summed E-state index contributed by atoms with van der Waals surface area (Å²) in [6, 6.07) is 13.0. The van der Waals surface area contributed by atoms with Crippen molar-refractivity contribution in [1.29, 1.82) is 0 Å². The van der Waals surface area contributed by atoms with Crippen LogP contribution >= 0.6 is 11.6 Å². The van der Waals surface area contributed by atoms with Crippen molar-refractivity contribution in [3.8, 4) is 0 Å². The molecular weight excluding hydrogens is 345 g/mol. The van der Waals surface area contributed by atoms with Crippen LogP contribution in [0.25, 0.3) is 5.70 Å². The molecule has 0 aromatic heterocycles. The van der Waals surface area contributed by atoms with E-state index in [0.717, 1.165) is 5.56 Å². The summed E-state index contributed by atoms with van der Waals surface area (Å²) in [6.07, 6.45) is 1.91. The number of nitrogens with one attached hydrogen (secondary N) is 2. The van der Waals surface area contributed by atoms with Gasteiger partial charge in [-0.15, -0.1) is 0 Å². The first-order valence-corrected chi connectivity index (χ1v) is 7.98. The molecule has 1 heterocycles. The highest BCUT2D eigenvalue weighted by Crippen LogP contribution is 2.19. The largest absolute Gasteiger partial charge is 0.322 e. The minimum atomic E-state index is -0.532. The Morgan fingerprint density at radius 1 is 1.20 bits per heavy atom. The molecule has 1 aliphatic rings. The van der Waals surface area contributed by atoms with E-state index in [9.17, 15) is 14.0 Å². The van der Waals surface area contributed by atoms with Crippen molar-refractivity contribution in [1.82, 2.24) is 10.4 Å². The van der Waals surface area contributed by atoms with Crippen LogP contribution in [0.15, 0.2) is 54.6 Å². The van der Waals surface area contributed by atoms with E-state index >= 15 is 0 Å². The van der Waals surface area contributed by atoms with E-state index in [1.165, 1.54) is 23.2 Å². The van der Waals surface area contributed by atoms with Gasteiger partial charge in [-0.2, -0.15) is 0 Å². The van der Waals surface area contributed by atoms with E-state index in [1.54, 1.807) is 24.3 Å². The smallest absolute Gasteiger partial charge is 0.246 e. The van der Waals surface area contributed by atoms with Gasteiger partial charge in [-0.05, 0) is 35.9 Å². The van der Waals surface area contributed by atoms with Crippen molar-refractivity contribution in [2.24, 2.45) is 0 Å². The SMILES string of the molecule is O=C(CN1NC(c2ccc(Cl)cc2)=CCC1=O)Nc1ccccc1F. The number of amides is 2. The first-order valence-electron chi connectivity index (χ1n) is 7.60. The predicted molar refractivity (Wildman–Crippen MR) is 93.9 cm³/mol. The third-order valence-electron chi connectivity index (χ3n) is 3.64. The Morgan fingerprint density at radius 2 is 1.92 bits per heavy atom. The monoisotopic (exact) mass is 359 g/mol. The van der Waals surface area contributed by atoms with Gasteiger partial charge < -0.3 is 5.32 Å². The minimum absolute atomic E-state index is 0.0745. The number of halogens is 2. The molecule has 2 aromatic carbocycles. The van der Waals surface area contributed by atoms with Crippen LogP contribution in [0.1, 0.15) is 12.0 Å². The van der Waals surface area contributed by atoms with E-state index in [1.807, 2.05) is 12.1 Å². The Labute approximate surface area is 149 Å². The number of anilines is 1. The molecule has 1 aliphatic heterocycles. The second kappa shape index (κ2) is 7.36. The molecule has 2 N–H and O–H groups in total. The van der Waals surface area contributed by atoms with Gasteiger partial charge in [-0.3, -0.25) is 15.0 Å². The van der Waals surface area contributed by atoms with Crippen LogP contribution in [-0.4, -0.2) is 23.4 Å². The van der Waals surface area contributed by atoms with Crippen molar-refractivity contribution in [3.63, 3.8) is 0 Å². The molecule has 0 saturated heterocycles. The number of carbonyl (C=O) groups excluding carboxylic acids is 2. The van der Waals surface area contributed by atoms with Crippen molar-refractivity contribution in [2.75, 3.05) is 11.9 Å². The number of benzene rings is 2. The molecule has 0 bridgehead atoms. The van der Waals surface area contributed by atoms with E-state index in [0.29, 0.717) is 10.7 Å². The zero-order valence-electron chi connectivity index (χ0n) is 13.1. The van der Waals surface area contributed by atoms with Crippen LogP contribution in [0.5, 0.6) is 0 Å². The molecule has 0 unspecified atom stereocenters. The van der Waals surface area contributed by atoms with Gasteiger partial charge in [-0.1, -0.05) is 35.9 Å². The number of hydrogen-bond acceptors (Lipinski definition) is 3. The summed E-state index contributed by atoms with van der Waals surface area (Å²) in [4.78, 5) is 24.1. The highest BCUT2D eigenvalue weighted by molar-refractivity contribution is 6.30. The van der Waals surface area contributed by atoms with Crippen LogP contribution in [0.2, 0.25) is 5.02 Å². The Hall–Kier alpha value is -2.86. The van der Waals surface area contributed by atoms with Gasteiger partial charge in [-0.25, -0.2) is 9.40 Å². The number of nitrogens with zero attached hydrogens (tertiary/aromatic N) is 1. The van der Waals surface area contributed by atoms with Gasteiger partial charge in [0.05, 0.1) is 11.4 Å². The molecule has 2 amide bonds. The van der Waals surface area contributed by atoms with Crippen LogP contribution < -0.4 is 10.7 Å². The molecule has 0 fully saturated rings. The molecule has 0 aliphatic carbocycles. The fraction of sp³-hybridized carbons (Fsp3) is 0.111. The molecule has 7 heteroatoms. The molecular formula is C18H15ClFN3O2. The number of carbonyl (C=O) groups is 2. The summed E-state index contributed by atoms with van der Waals surface area (Å²) in [5, 5.41) is 4.27. The molecule has 128 valence electrons. The maximum Gasteiger partial charge on any atom is 0.246 e. The van der Waals surface area contributed by atoms with Crippen LogP contribution in [0, 0.1) is 5.82 Å². The molecule has 3 rings (SSSR count). The zero-order chi connectivity index (χ0) is 17.8. The van der Waals surface area contributed by atoms with Crippen LogP contribution in [0.3, 0.4) is 0 Å². The fourth-order valence-electron chi connectivity index (χ4n) is 2.39. The third-order valence-corrected chi connectivity index (χ3v) is 3.89. The first-order chi connectivity index (χ1) is 12.0. The van der Waals surface area contributed by atoms with Gasteiger partial charge in [0.15, 0.2) is 0 Å². The molecule has 0 saturated carbocycles. The summed E-state index contributed by atoms with van der Waals surface area (Å²) in [7, 11) is 0. The molecule has 0 radical (unpaired) electrons. The van der Waals surface area contributed by atoms with Crippen LogP contribution in [0.4, 0.5) is 10.1 Å². The maximum atomic E-state index is 13.6. The van der Waals surface area contributed by atoms with Gasteiger partial charge in [0.1, 0.15) is 12.4 Å². The van der Waals surface area contributed by atoms with Crippen molar-refractivity contribution < 1.29 is 14.0 Å². The summed E-state index contributed by atoms with van der Waals surface area (Å²) in [5.74, 6) is -1.28. The first kappa shape index (κ1) is 17.0. The topological polar surface area (TPSA) is 61.4 Å². The lowest BCUT2D eigenvalue weighted by atomic mass is 10.1. The highest BCUT2D eigenvalue weighted by Gasteiger charge is 2.22. The molecule has 0 spiro atoms.